The molecule has 0 unspecified atom stereocenters. The molecule has 3 aromatic heterocycles. The van der Waals surface area contributed by atoms with Crippen LogP contribution in [0.15, 0.2) is 28.0 Å². The van der Waals surface area contributed by atoms with Gasteiger partial charge in [-0.15, -0.1) is 11.3 Å². The maximum atomic E-state index is 12.5. The lowest BCUT2D eigenvalue weighted by Gasteiger charge is -2.12. The van der Waals surface area contributed by atoms with Gasteiger partial charge in [0.2, 0.25) is 0 Å². The lowest BCUT2D eigenvalue weighted by molar-refractivity contribution is 0.699. The number of hydrogen-bond donors (Lipinski definition) is 1. The van der Waals surface area contributed by atoms with E-state index < -0.39 is 0 Å². The van der Waals surface area contributed by atoms with Gasteiger partial charge in [0.1, 0.15) is 21.5 Å². The molecule has 0 aliphatic heterocycles. The summed E-state index contributed by atoms with van der Waals surface area (Å²) in [7, 11) is 0. The van der Waals surface area contributed by atoms with E-state index in [0.717, 1.165) is 39.6 Å². The first-order chi connectivity index (χ1) is 13.6. The molecule has 5 rings (SSSR count). The number of benzene rings is 1. The van der Waals surface area contributed by atoms with Gasteiger partial charge in [-0.25, -0.2) is 15.0 Å². The van der Waals surface area contributed by atoms with Crippen LogP contribution in [0.25, 0.3) is 21.1 Å². The van der Waals surface area contributed by atoms with Crippen molar-refractivity contribution in [2.45, 2.75) is 50.3 Å². The van der Waals surface area contributed by atoms with Crippen LogP contribution in [-0.4, -0.2) is 19.9 Å². The molecular formula is C21H20N4OS2. The standard InChI is InChI=1S/C21H20N4OS2/c1-11-6-5-8-14-18(11)24-16(25-19(14)26)10-27-20-17-13-7-3-4-9-15(13)28-21(17)23-12(2)22-20/h5-6,8H,3-4,7,9-10H2,1-2H3,(H,24,25,26). The molecule has 3 heterocycles. The molecule has 1 N–H and O–H groups in total. The predicted octanol–water partition coefficient (Wildman–Crippen LogP) is 4.72. The highest BCUT2D eigenvalue weighted by molar-refractivity contribution is 7.98. The predicted molar refractivity (Wildman–Crippen MR) is 115 cm³/mol. The van der Waals surface area contributed by atoms with Gasteiger partial charge in [-0.05, 0) is 56.7 Å². The summed E-state index contributed by atoms with van der Waals surface area (Å²) in [4.78, 5) is 32.1. The molecule has 4 aromatic rings. The quantitative estimate of drug-likeness (QED) is 0.392. The van der Waals surface area contributed by atoms with E-state index in [1.165, 1.54) is 28.7 Å². The molecule has 5 nitrogen and oxygen atoms in total. The molecule has 0 spiro atoms. The number of para-hydroxylation sites is 1. The van der Waals surface area contributed by atoms with Gasteiger partial charge in [0.25, 0.3) is 5.56 Å². The third-order valence-electron chi connectivity index (χ3n) is 5.23. The number of thioether (sulfide) groups is 1. The number of H-pyrrole nitrogens is 1. The molecule has 1 aliphatic carbocycles. The average Bonchev–Trinajstić information content (AvgIpc) is 3.05. The summed E-state index contributed by atoms with van der Waals surface area (Å²) in [6.07, 6.45) is 4.75. The van der Waals surface area contributed by atoms with Crippen molar-refractivity contribution in [3.05, 3.63) is 56.2 Å². The fourth-order valence-electron chi connectivity index (χ4n) is 3.89. The van der Waals surface area contributed by atoms with Gasteiger partial charge in [-0.3, -0.25) is 4.79 Å². The van der Waals surface area contributed by atoms with Crippen LogP contribution in [0.3, 0.4) is 0 Å². The molecule has 0 saturated heterocycles. The van der Waals surface area contributed by atoms with Crippen molar-refractivity contribution < 1.29 is 0 Å². The van der Waals surface area contributed by atoms with Gasteiger partial charge in [0, 0.05) is 10.3 Å². The van der Waals surface area contributed by atoms with Crippen molar-refractivity contribution in [2.24, 2.45) is 0 Å². The Bertz CT molecular complexity index is 1280. The van der Waals surface area contributed by atoms with Gasteiger partial charge in [0.15, 0.2) is 0 Å². The number of aryl methyl sites for hydroxylation is 4. The molecule has 1 aromatic carbocycles. The van der Waals surface area contributed by atoms with E-state index in [1.54, 1.807) is 11.8 Å². The zero-order valence-corrected chi connectivity index (χ0v) is 17.5. The molecule has 0 bridgehead atoms. The Morgan fingerprint density at radius 3 is 2.89 bits per heavy atom. The number of aromatic nitrogens is 4. The minimum absolute atomic E-state index is 0.0822. The molecule has 28 heavy (non-hydrogen) atoms. The van der Waals surface area contributed by atoms with Crippen LogP contribution >= 0.6 is 23.1 Å². The largest absolute Gasteiger partial charge is 0.309 e. The number of nitrogens with zero attached hydrogens (tertiary/aromatic N) is 3. The van der Waals surface area contributed by atoms with E-state index in [1.807, 2.05) is 43.4 Å². The zero-order valence-electron chi connectivity index (χ0n) is 15.8. The van der Waals surface area contributed by atoms with Gasteiger partial charge in [0.05, 0.1) is 16.7 Å². The van der Waals surface area contributed by atoms with Crippen LogP contribution in [-0.2, 0) is 18.6 Å². The first-order valence-corrected chi connectivity index (χ1v) is 11.3. The zero-order chi connectivity index (χ0) is 19.3. The van der Waals surface area contributed by atoms with E-state index in [2.05, 4.69) is 9.97 Å². The second-order valence-corrected chi connectivity index (χ2v) is 9.29. The normalized spacial score (nSPS) is 13.9. The Morgan fingerprint density at radius 1 is 1.14 bits per heavy atom. The van der Waals surface area contributed by atoms with Crippen molar-refractivity contribution in [3.8, 4) is 0 Å². The summed E-state index contributed by atoms with van der Waals surface area (Å²) >= 11 is 3.46. The fraction of sp³-hybridized carbons (Fsp3) is 0.333. The SMILES string of the molecule is Cc1nc(SCc2nc3c(C)cccc3c(=O)[nH]2)c2c3c(sc2n1)CCCC3. The maximum absolute atomic E-state index is 12.5. The Balaban J connectivity index is 1.54. The summed E-state index contributed by atoms with van der Waals surface area (Å²) < 4.78 is 0. The average molecular weight is 409 g/mol. The monoisotopic (exact) mass is 408 g/mol. The van der Waals surface area contributed by atoms with Crippen LogP contribution in [0, 0.1) is 13.8 Å². The first-order valence-electron chi connectivity index (χ1n) is 9.50. The highest BCUT2D eigenvalue weighted by atomic mass is 32.2. The molecule has 0 fully saturated rings. The van der Waals surface area contributed by atoms with Crippen LogP contribution in [0.1, 0.15) is 40.5 Å². The summed E-state index contributed by atoms with van der Waals surface area (Å²) in [6, 6.07) is 5.70. The van der Waals surface area contributed by atoms with Crippen LogP contribution in [0.4, 0.5) is 0 Å². The number of rotatable bonds is 3. The van der Waals surface area contributed by atoms with Gasteiger partial charge in [-0.1, -0.05) is 23.9 Å². The minimum atomic E-state index is -0.0822. The summed E-state index contributed by atoms with van der Waals surface area (Å²) in [6.45, 7) is 3.93. The van der Waals surface area contributed by atoms with Crippen molar-refractivity contribution in [2.75, 3.05) is 0 Å². The highest BCUT2D eigenvalue weighted by Crippen LogP contribution is 2.40. The van der Waals surface area contributed by atoms with E-state index in [-0.39, 0.29) is 5.56 Å². The molecule has 1 aliphatic rings. The molecular weight excluding hydrogens is 388 g/mol. The molecule has 0 atom stereocenters. The Hall–Kier alpha value is -2.25. The summed E-state index contributed by atoms with van der Waals surface area (Å²) in [5, 5.41) is 2.87. The topological polar surface area (TPSA) is 71.5 Å². The summed E-state index contributed by atoms with van der Waals surface area (Å²) in [5.41, 5.74) is 3.14. The lowest BCUT2D eigenvalue weighted by atomic mass is 9.97. The molecule has 7 heteroatoms. The van der Waals surface area contributed by atoms with Crippen LogP contribution < -0.4 is 5.56 Å². The van der Waals surface area contributed by atoms with Crippen molar-refractivity contribution in [3.63, 3.8) is 0 Å². The smallest absolute Gasteiger partial charge is 0.258 e. The Morgan fingerprint density at radius 2 is 2.00 bits per heavy atom. The van der Waals surface area contributed by atoms with E-state index in [0.29, 0.717) is 17.0 Å². The molecule has 0 saturated carbocycles. The number of nitrogens with one attached hydrogen (secondary N) is 1. The van der Waals surface area contributed by atoms with Crippen molar-refractivity contribution in [1.29, 1.82) is 0 Å². The maximum Gasteiger partial charge on any atom is 0.258 e. The number of thiophene rings is 1. The van der Waals surface area contributed by atoms with Crippen molar-refractivity contribution in [1.82, 2.24) is 19.9 Å². The second kappa shape index (κ2) is 6.97. The number of fused-ring (bicyclic) bond motifs is 4. The van der Waals surface area contributed by atoms with Crippen LogP contribution in [0.5, 0.6) is 0 Å². The van der Waals surface area contributed by atoms with E-state index >= 15 is 0 Å². The van der Waals surface area contributed by atoms with Crippen LogP contribution in [0.2, 0.25) is 0 Å². The first kappa shape index (κ1) is 17.8. The van der Waals surface area contributed by atoms with E-state index in [9.17, 15) is 4.79 Å². The molecule has 142 valence electrons. The number of hydrogen-bond acceptors (Lipinski definition) is 6. The second-order valence-electron chi connectivity index (χ2n) is 7.24. The number of aromatic amines is 1. The summed E-state index contributed by atoms with van der Waals surface area (Å²) in [5.74, 6) is 2.06. The van der Waals surface area contributed by atoms with Crippen molar-refractivity contribution >= 4 is 44.2 Å². The van der Waals surface area contributed by atoms with Gasteiger partial charge in [-0.2, -0.15) is 0 Å². The van der Waals surface area contributed by atoms with Gasteiger partial charge >= 0.3 is 0 Å². The molecule has 0 radical (unpaired) electrons. The third kappa shape index (κ3) is 3.02. The molecule has 0 amide bonds. The fourth-order valence-corrected chi connectivity index (χ4v) is 6.23. The minimum Gasteiger partial charge on any atom is -0.309 e. The Labute approximate surface area is 170 Å². The van der Waals surface area contributed by atoms with E-state index in [4.69, 9.17) is 9.97 Å². The highest BCUT2D eigenvalue weighted by Gasteiger charge is 2.21. The van der Waals surface area contributed by atoms with Gasteiger partial charge < -0.3 is 4.98 Å². The lowest BCUT2D eigenvalue weighted by Crippen LogP contribution is -2.12. The third-order valence-corrected chi connectivity index (χ3v) is 7.40. The Kier molecular flexibility index (Phi) is 4.44.